The first-order valence-electron chi connectivity index (χ1n) is 12.6. The Labute approximate surface area is 184 Å². The maximum atomic E-state index is 6.20. The van der Waals surface area contributed by atoms with Crippen LogP contribution in [0, 0.1) is 5.41 Å². The molecule has 1 atom stereocenters. The van der Waals surface area contributed by atoms with Gasteiger partial charge in [-0.15, -0.1) is 0 Å². The summed E-state index contributed by atoms with van der Waals surface area (Å²) in [5.41, 5.74) is 0.345. The Hall–Kier alpha value is -0.850. The van der Waals surface area contributed by atoms with Gasteiger partial charge in [0.1, 0.15) is 0 Å². The smallest absolute Gasteiger partial charge is 0.193 e. The lowest BCUT2D eigenvalue weighted by Crippen LogP contribution is -2.47. The molecule has 2 heterocycles. The third-order valence-electron chi connectivity index (χ3n) is 7.08. The van der Waals surface area contributed by atoms with Gasteiger partial charge < -0.3 is 24.4 Å². The van der Waals surface area contributed by atoms with Crippen molar-refractivity contribution < 1.29 is 14.2 Å². The average Bonchev–Trinajstić information content (AvgIpc) is 3.25. The molecule has 0 aromatic heterocycles. The second-order valence-electron chi connectivity index (χ2n) is 9.33. The molecule has 6 heteroatoms. The predicted octanol–water partition coefficient (Wildman–Crippen LogP) is 3.99. The number of piperidine rings is 1. The number of rotatable bonds is 10. The summed E-state index contributed by atoms with van der Waals surface area (Å²) >= 11 is 0. The number of nitrogens with one attached hydrogen (secondary N) is 1. The van der Waals surface area contributed by atoms with E-state index in [1.54, 1.807) is 0 Å². The fourth-order valence-electron chi connectivity index (χ4n) is 5.13. The first-order valence-corrected chi connectivity index (χ1v) is 12.6. The lowest BCUT2D eigenvalue weighted by Gasteiger charge is -2.36. The van der Waals surface area contributed by atoms with Crippen LogP contribution in [0.4, 0.5) is 0 Å². The molecule has 2 saturated heterocycles. The van der Waals surface area contributed by atoms with Gasteiger partial charge in [0.2, 0.25) is 0 Å². The SMILES string of the molecule is CCNC(=NCC1(CCOCC)CCCC1)N1CCC(OCC2CCCCO2)CC1. The molecule has 2 aliphatic heterocycles. The molecule has 0 aromatic carbocycles. The Balaban J connectivity index is 1.47. The van der Waals surface area contributed by atoms with E-state index in [0.29, 0.717) is 17.6 Å². The molecule has 174 valence electrons. The zero-order chi connectivity index (χ0) is 21.1. The number of aliphatic imine (C=N–C) groups is 1. The van der Waals surface area contributed by atoms with Gasteiger partial charge in [0.05, 0.1) is 18.8 Å². The fourth-order valence-corrected chi connectivity index (χ4v) is 5.13. The highest BCUT2D eigenvalue weighted by Gasteiger charge is 2.34. The Morgan fingerprint density at radius 3 is 2.57 bits per heavy atom. The molecule has 0 amide bonds. The highest BCUT2D eigenvalue weighted by atomic mass is 16.5. The number of hydrogen-bond donors (Lipinski definition) is 1. The summed E-state index contributed by atoms with van der Waals surface area (Å²) in [6.45, 7) is 11.5. The molecule has 30 heavy (non-hydrogen) atoms. The third kappa shape index (κ3) is 7.38. The van der Waals surface area contributed by atoms with Crippen LogP contribution in [0.25, 0.3) is 0 Å². The van der Waals surface area contributed by atoms with Crippen molar-refractivity contribution in [2.75, 3.05) is 52.6 Å². The summed E-state index contributed by atoms with van der Waals surface area (Å²) in [5.74, 6) is 1.09. The molecule has 1 saturated carbocycles. The van der Waals surface area contributed by atoms with Crippen LogP contribution >= 0.6 is 0 Å². The van der Waals surface area contributed by atoms with Gasteiger partial charge in [-0.25, -0.2) is 0 Å². The van der Waals surface area contributed by atoms with Crippen LogP contribution in [0.5, 0.6) is 0 Å². The van der Waals surface area contributed by atoms with Crippen molar-refractivity contribution in [1.29, 1.82) is 0 Å². The number of likely N-dealkylation sites (tertiary alicyclic amines) is 1. The summed E-state index contributed by atoms with van der Waals surface area (Å²) in [6.07, 6.45) is 12.9. The normalized spacial score (nSPS) is 25.6. The van der Waals surface area contributed by atoms with Crippen molar-refractivity contribution in [2.45, 2.75) is 90.3 Å². The first kappa shape index (κ1) is 23.8. The third-order valence-corrected chi connectivity index (χ3v) is 7.08. The molecule has 0 radical (unpaired) electrons. The molecule has 1 unspecified atom stereocenters. The molecule has 0 bridgehead atoms. The molecular weight excluding hydrogens is 378 g/mol. The molecule has 6 nitrogen and oxygen atoms in total. The number of nitrogens with zero attached hydrogens (tertiary/aromatic N) is 2. The van der Waals surface area contributed by atoms with Crippen molar-refractivity contribution in [3.8, 4) is 0 Å². The predicted molar refractivity (Wildman–Crippen MR) is 122 cm³/mol. The Kier molecular flexibility index (Phi) is 10.2. The lowest BCUT2D eigenvalue weighted by molar-refractivity contribution is -0.0721. The van der Waals surface area contributed by atoms with Gasteiger partial charge in [-0.3, -0.25) is 4.99 Å². The van der Waals surface area contributed by atoms with Gasteiger partial charge in [0.15, 0.2) is 5.96 Å². The van der Waals surface area contributed by atoms with E-state index in [-0.39, 0.29) is 0 Å². The van der Waals surface area contributed by atoms with E-state index < -0.39 is 0 Å². The monoisotopic (exact) mass is 423 g/mol. The van der Waals surface area contributed by atoms with Crippen molar-refractivity contribution in [1.82, 2.24) is 10.2 Å². The van der Waals surface area contributed by atoms with E-state index in [1.165, 1.54) is 38.5 Å². The highest BCUT2D eigenvalue weighted by molar-refractivity contribution is 5.80. The summed E-state index contributed by atoms with van der Waals surface area (Å²) in [4.78, 5) is 7.57. The molecule has 3 rings (SSSR count). The minimum atomic E-state index is 0.315. The van der Waals surface area contributed by atoms with Crippen molar-refractivity contribution in [3.05, 3.63) is 0 Å². The van der Waals surface area contributed by atoms with E-state index in [0.717, 1.165) is 84.2 Å². The second kappa shape index (κ2) is 12.9. The minimum absolute atomic E-state index is 0.315. The van der Waals surface area contributed by atoms with Crippen molar-refractivity contribution in [3.63, 3.8) is 0 Å². The Morgan fingerprint density at radius 1 is 1.10 bits per heavy atom. The Morgan fingerprint density at radius 2 is 1.90 bits per heavy atom. The molecule has 0 spiro atoms. The standard InChI is InChI=1S/C24H45N3O3/c1-3-25-23(26-20-24(12-6-7-13-24)14-18-28-4-2)27-15-10-21(11-16-27)30-19-22-9-5-8-17-29-22/h21-22H,3-20H2,1-2H3,(H,25,26). The summed E-state index contributed by atoms with van der Waals surface area (Å²) < 4.78 is 17.7. The van der Waals surface area contributed by atoms with Crippen LogP contribution in [-0.4, -0.2) is 75.7 Å². The van der Waals surface area contributed by atoms with E-state index in [9.17, 15) is 0 Å². The van der Waals surface area contributed by atoms with Crippen LogP contribution < -0.4 is 5.32 Å². The van der Waals surface area contributed by atoms with Gasteiger partial charge in [0, 0.05) is 46.0 Å². The van der Waals surface area contributed by atoms with E-state index >= 15 is 0 Å². The summed E-state index contributed by atoms with van der Waals surface area (Å²) in [5, 5.41) is 3.54. The van der Waals surface area contributed by atoms with Crippen LogP contribution in [0.3, 0.4) is 0 Å². The van der Waals surface area contributed by atoms with E-state index in [4.69, 9.17) is 19.2 Å². The molecule has 3 aliphatic rings. The van der Waals surface area contributed by atoms with Crippen LogP contribution in [-0.2, 0) is 14.2 Å². The fraction of sp³-hybridized carbons (Fsp3) is 0.958. The topological polar surface area (TPSA) is 55.3 Å². The molecule has 1 aliphatic carbocycles. The van der Waals surface area contributed by atoms with Gasteiger partial charge in [-0.05, 0) is 70.6 Å². The zero-order valence-corrected chi connectivity index (χ0v) is 19.5. The average molecular weight is 424 g/mol. The minimum Gasteiger partial charge on any atom is -0.382 e. The van der Waals surface area contributed by atoms with E-state index in [1.807, 2.05) is 0 Å². The highest BCUT2D eigenvalue weighted by Crippen LogP contribution is 2.41. The summed E-state index contributed by atoms with van der Waals surface area (Å²) in [6, 6.07) is 0. The van der Waals surface area contributed by atoms with Crippen molar-refractivity contribution in [2.24, 2.45) is 10.4 Å². The van der Waals surface area contributed by atoms with Gasteiger partial charge >= 0.3 is 0 Å². The first-order chi connectivity index (χ1) is 14.7. The summed E-state index contributed by atoms with van der Waals surface area (Å²) in [7, 11) is 0. The molecule has 1 N–H and O–H groups in total. The van der Waals surface area contributed by atoms with Crippen LogP contribution in [0.1, 0.15) is 78.1 Å². The quantitative estimate of drug-likeness (QED) is 0.327. The van der Waals surface area contributed by atoms with Crippen LogP contribution in [0.2, 0.25) is 0 Å². The number of ether oxygens (including phenoxy) is 3. The Bertz CT molecular complexity index is 494. The largest absolute Gasteiger partial charge is 0.382 e. The van der Waals surface area contributed by atoms with Crippen molar-refractivity contribution >= 4 is 5.96 Å². The lowest BCUT2D eigenvalue weighted by atomic mass is 9.83. The maximum Gasteiger partial charge on any atom is 0.193 e. The van der Waals surface area contributed by atoms with Gasteiger partial charge in [0.25, 0.3) is 0 Å². The molecule has 3 fully saturated rings. The second-order valence-corrected chi connectivity index (χ2v) is 9.33. The zero-order valence-electron chi connectivity index (χ0n) is 19.5. The van der Waals surface area contributed by atoms with Gasteiger partial charge in [-0.1, -0.05) is 12.8 Å². The number of hydrogen-bond acceptors (Lipinski definition) is 4. The van der Waals surface area contributed by atoms with E-state index in [2.05, 4.69) is 24.1 Å². The number of guanidine groups is 1. The maximum absolute atomic E-state index is 6.20. The molecular formula is C24H45N3O3. The van der Waals surface area contributed by atoms with Gasteiger partial charge in [-0.2, -0.15) is 0 Å². The van der Waals surface area contributed by atoms with Crippen LogP contribution in [0.15, 0.2) is 4.99 Å². The molecule has 0 aromatic rings.